The number of hydrogen-bond donors (Lipinski definition) is 2. The average Bonchev–Trinajstić information content (AvgIpc) is 3.40. The van der Waals surface area contributed by atoms with E-state index in [1.165, 1.54) is 19.1 Å². The van der Waals surface area contributed by atoms with Crippen molar-refractivity contribution in [1.29, 1.82) is 0 Å². The molecule has 1 saturated carbocycles. The molecule has 5 rings (SSSR count). The molecule has 9 nitrogen and oxygen atoms in total. The Morgan fingerprint density at radius 3 is 2.52 bits per heavy atom. The van der Waals surface area contributed by atoms with Crippen LogP contribution in [0.3, 0.4) is 0 Å². The molecule has 10 heteroatoms. The molecule has 0 radical (unpaired) electrons. The number of hydrogen-bond acceptors (Lipinski definition) is 8. The number of nitrogens with zero attached hydrogens (tertiary/aromatic N) is 5. The highest BCUT2D eigenvalue weighted by Crippen LogP contribution is 2.31. The van der Waals surface area contributed by atoms with Gasteiger partial charge in [-0.25, -0.2) is 18.1 Å². The van der Waals surface area contributed by atoms with Gasteiger partial charge in [0.25, 0.3) is 0 Å². The van der Waals surface area contributed by atoms with Gasteiger partial charge in [0, 0.05) is 43.8 Å². The highest BCUT2D eigenvalue weighted by Gasteiger charge is 2.30. The van der Waals surface area contributed by atoms with Crippen molar-refractivity contribution in [1.82, 2.24) is 24.6 Å². The molecule has 2 aliphatic rings. The molecule has 1 saturated heterocycles. The standard InChI is InChI=1S/C23H30N6O3S/c1-33(31,32)21-8-4-18(5-9-21)26-23-24-12-17-13-25-29(22(17)27-23)14-16-2-6-19(7-3-16)28-11-10-20(30)15-28/h4-5,8-9,12-13,16,19-20,30H,2-3,6-7,10-11,14-15H2,1H3,(H,24,26,27)/t16?,19?,20-/m0/s1. The minimum atomic E-state index is -3.23. The van der Waals surface area contributed by atoms with Gasteiger partial charge in [0.05, 0.1) is 22.6 Å². The molecule has 1 aliphatic heterocycles. The molecular formula is C23H30N6O3S. The zero-order valence-corrected chi connectivity index (χ0v) is 19.6. The van der Waals surface area contributed by atoms with Gasteiger partial charge in [-0.05, 0) is 62.3 Å². The Balaban J connectivity index is 1.24. The van der Waals surface area contributed by atoms with Crippen molar-refractivity contribution in [3.05, 3.63) is 36.7 Å². The lowest BCUT2D eigenvalue weighted by atomic mass is 9.85. The SMILES string of the molecule is CS(=O)(=O)c1ccc(Nc2ncc3cnn(CC4CCC(N5CC[C@H](O)C5)CC4)c3n2)cc1. The monoisotopic (exact) mass is 470 g/mol. The third-order valence-electron chi connectivity index (χ3n) is 6.87. The van der Waals surface area contributed by atoms with Crippen LogP contribution in [-0.4, -0.2) is 69.7 Å². The fourth-order valence-electron chi connectivity index (χ4n) is 5.01. The molecular weight excluding hydrogens is 440 g/mol. The summed E-state index contributed by atoms with van der Waals surface area (Å²) >= 11 is 0. The minimum Gasteiger partial charge on any atom is -0.392 e. The first-order valence-corrected chi connectivity index (χ1v) is 13.4. The van der Waals surface area contributed by atoms with E-state index in [0.717, 1.165) is 55.6 Å². The van der Waals surface area contributed by atoms with Crippen LogP contribution in [-0.2, 0) is 16.4 Å². The Hall–Kier alpha value is -2.56. The van der Waals surface area contributed by atoms with Gasteiger partial charge >= 0.3 is 0 Å². The van der Waals surface area contributed by atoms with E-state index >= 15 is 0 Å². The molecule has 2 fully saturated rings. The highest BCUT2D eigenvalue weighted by molar-refractivity contribution is 7.90. The smallest absolute Gasteiger partial charge is 0.229 e. The number of anilines is 2. The predicted octanol–water partition coefficient (Wildman–Crippen LogP) is 2.60. The molecule has 1 aliphatic carbocycles. The largest absolute Gasteiger partial charge is 0.392 e. The normalized spacial score (nSPS) is 24.4. The number of aliphatic hydroxyl groups excluding tert-OH is 1. The van der Waals surface area contributed by atoms with E-state index in [9.17, 15) is 13.5 Å². The lowest BCUT2D eigenvalue weighted by molar-refractivity contribution is 0.126. The third-order valence-corrected chi connectivity index (χ3v) is 8.00. The zero-order chi connectivity index (χ0) is 23.0. The molecule has 3 heterocycles. The van der Waals surface area contributed by atoms with E-state index in [4.69, 9.17) is 0 Å². The number of rotatable bonds is 6. The van der Waals surface area contributed by atoms with Gasteiger partial charge in [0.15, 0.2) is 15.5 Å². The van der Waals surface area contributed by atoms with Crippen molar-refractivity contribution < 1.29 is 13.5 Å². The van der Waals surface area contributed by atoms with Gasteiger partial charge in [0.2, 0.25) is 5.95 Å². The molecule has 2 aromatic heterocycles. The maximum absolute atomic E-state index is 11.7. The van der Waals surface area contributed by atoms with Gasteiger partial charge in [-0.1, -0.05) is 0 Å². The molecule has 1 aromatic carbocycles. The lowest BCUT2D eigenvalue weighted by Gasteiger charge is -2.34. The van der Waals surface area contributed by atoms with Crippen LogP contribution < -0.4 is 5.32 Å². The molecule has 176 valence electrons. The summed E-state index contributed by atoms with van der Waals surface area (Å²) in [7, 11) is -3.23. The summed E-state index contributed by atoms with van der Waals surface area (Å²) in [5, 5.41) is 18.4. The number of β-amino-alcohol motifs (C(OH)–C–C–N with tert-alkyl or cyclic N) is 1. The molecule has 1 atom stereocenters. The van der Waals surface area contributed by atoms with Crippen LogP contribution in [0.25, 0.3) is 11.0 Å². The Morgan fingerprint density at radius 2 is 1.85 bits per heavy atom. The first-order chi connectivity index (χ1) is 15.8. The van der Waals surface area contributed by atoms with Crippen molar-refractivity contribution in [2.45, 2.75) is 55.7 Å². The number of aromatic nitrogens is 4. The second-order valence-electron chi connectivity index (χ2n) is 9.33. The molecule has 0 unspecified atom stereocenters. The van der Waals surface area contributed by atoms with Crippen molar-refractivity contribution in [3.8, 4) is 0 Å². The average molecular weight is 471 g/mol. The number of benzene rings is 1. The van der Waals surface area contributed by atoms with Crippen LogP contribution in [0.4, 0.5) is 11.6 Å². The molecule has 0 bridgehead atoms. The van der Waals surface area contributed by atoms with E-state index in [1.54, 1.807) is 36.7 Å². The number of nitrogens with one attached hydrogen (secondary N) is 1. The van der Waals surface area contributed by atoms with Gasteiger partial charge in [-0.3, -0.25) is 4.90 Å². The van der Waals surface area contributed by atoms with Crippen LogP contribution in [0.2, 0.25) is 0 Å². The topological polar surface area (TPSA) is 113 Å². The van der Waals surface area contributed by atoms with Crippen LogP contribution >= 0.6 is 0 Å². The second kappa shape index (κ2) is 9.00. The maximum atomic E-state index is 11.7. The number of fused-ring (bicyclic) bond motifs is 1. The van der Waals surface area contributed by atoms with Crippen LogP contribution in [0.5, 0.6) is 0 Å². The first kappa shape index (κ1) is 22.2. The van der Waals surface area contributed by atoms with Crippen LogP contribution in [0.1, 0.15) is 32.1 Å². The Labute approximate surface area is 193 Å². The highest BCUT2D eigenvalue weighted by atomic mass is 32.2. The summed E-state index contributed by atoms with van der Waals surface area (Å²) in [5.74, 6) is 1.01. The maximum Gasteiger partial charge on any atom is 0.229 e. The quantitative estimate of drug-likeness (QED) is 0.565. The Morgan fingerprint density at radius 1 is 1.09 bits per heavy atom. The summed E-state index contributed by atoms with van der Waals surface area (Å²) in [6.07, 6.45) is 10.1. The molecule has 0 spiro atoms. The minimum absolute atomic E-state index is 0.154. The van der Waals surface area contributed by atoms with Crippen molar-refractivity contribution in [2.24, 2.45) is 5.92 Å². The second-order valence-corrected chi connectivity index (χ2v) is 11.3. The van der Waals surface area contributed by atoms with Gasteiger partial charge in [0.1, 0.15) is 0 Å². The van der Waals surface area contributed by atoms with E-state index in [-0.39, 0.29) is 11.0 Å². The van der Waals surface area contributed by atoms with Gasteiger partial charge in [-0.2, -0.15) is 10.1 Å². The fraction of sp³-hybridized carbons (Fsp3) is 0.522. The van der Waals surface area contributed by atoms with Gasteiger partial charge in [-0.15, -0.1) is 0 Å². The Bertz CT molecular complexity index is 1220. The molecule has 3 aromatic rings. The van der Waals surface area contributed by atoms with Crippen molar-refractivity contribution >= 4 is 32.5 Å². The number of aliphatic hydroxyl groups is 1. The third kappa shape index (κ3) is 5.02. The van der Waals surface area contributed by atoms with Gasteiger partial charge < -0.3 is 10.4 Å². The number of sulfone groups is 1. The molecule has 0 amide bonds. The van der Waals surface area contributed by atoms with Crippen molar-refractivity contribution in [2.75, 3.05) is 24.7 Å². The lowest BCUT2D eigenvalue weighted by Crippen LogP contribution is -2.37. The van der Waals surface area contributed by atoms with Crippen LogP contribution in [0, 0.1) is 5.92 Å². The summed E-state index contributed by atoms with van der Waals surface area (Å²) in [4.78, 5) is 11.8. The van der Waals surface area contributed by atoms with E-state index in [1.807, 2.05) is 4.68 Å². The molecule has 33 heavy (non-hydrogen) atoms. The van der Waals surface area contributed by atoms with Crippen molar-refractivity contribution in [3.63, 3.8) is 0 Å². The van der Waals surface area contributed by atoms with E-state index < -0.39 is 9.84 Å². The summed E-state index contributed by atoms with van der Waals surface area (Å²) in [5.41, 5.74) is 1.52. The van der Waals surface area contributed by atoms with E-state index in [0.29, 0.717) is 17.9 Å². The summed E-state index contributed by atoms with van der Waals surface area (Å²) < 4.78 is 25.3. The summed E-state index contributed by atoms with van der Waals surface area (Å²) in [6, 6.07) is 7.15. The Kier molecular flexibility index (Phi) is 6.07. The number of likely N-dealkylation sites (tertiary alicyclic amines) is 1. The van der Waals surface area contributed by atoms with Crippen LogP contribution in [0.15, 0.2) is 41.6 Å². The zero-order valence-electron chi connectivity index (χ0n) is 18.8. The van der Waals surface area contributed by atoms with E-state index in [2.05, 4.69) is 25.3 Å². The summed E-state index contributed by atoms with van der Waals surface area (Å²) in [6.45, 7) is 2.67. The predicted molar refractivity (Wildman–Crippen MR) is 126 cm³/mol. The fourth-order valence-corrected chi connectivity index (χ4v) is 5.64. The first-order valence-electron chi connectivity index (χ1n) is 11.5. The molecule has 2 N–H and O–H groups in total.